The molecule has 0 spiro atoms. The molecule has 1 aromatic rings. The molecule has 0 bridgehead atoms. The monoisotopic (exact) mass is 122 g/mol. The molecule has 1 aliphatic rings. The van der Waals surface area contributed by atoms with Gasteiger partial charge >= 0.3 is 0 Å². The fraction of sp³-hybridized carbons (Fsp3) is 0.167. The molecule has 2 heteroatoms. The lowest BCUT2D eigenvalue weighted by atomic mass is 10.4. The molecule has 2 heterocycles. The highest BCUT2D eigenvalue weighted by Crippen LogP contribution is 2.27. The van der Waals surface area contributed by atoms with Gasteiger partial charge in [-0.3, -0.25) is 4.99 Å². The maximum atomic E-state index is 4.11. The van der Waals surface area contributed by atoms with Gasteiger partial charge in [-0.1, -0.05) is 0 Å². The molecule has 0 amide bonds. The Morgan fingerprint density at radius 1 is 1.75 bits per heavy atom. The second-order valence-corrected chi connectivity index (χ2v) is 2.62. The summed E-state index contributed by atoms with van der Waals surface area (Å²) >= 11 is 1.66. The third kappa shape index (κ3) is 0.434. The van der Waals surface area contributed by atoms with Gasteiger partial charge in [0.15, 0.2) is 0 Å². The average molecular weight is 122 g/mol. The molecular weight excluding hydrogens is 118 g/mol. The number of thiophene rings is 1. The van der Waals surface area contributed by atoms with Crippen molar-refractivity contribution in [2.75, 3.05) is 0 Å². The lowest BCUT2D eigenvalue weighted by Crippen LogP contribution is -1.67. The quantitative estimate of drug-likeness (QED) is 0.497. The zero-order chi connectivity index (χ0) is 5.40. The molecule has 1 nitrogen and oxygen atoms in total. The van der Waals surface area contributed by atoms with Gasteiger partial charge in [-0.15, -0.1) is 11.3 Å². The van der Waals surface area contributed by atoms with Crippen LogP contribution in [0, 0.1) is 5.38 Å². The molecule has 0 aromatic carbocycles. The van der Waals surface area contributed by atoms with E-state index in [4.69, 9.17) is 0 Å². The van der Waals surface area contributed by atoms with E-state index in [0.717, 1.165) is 12.1 Å². The fourth-order valence-corrected chi connectivity index (χ4v) is 1.46. The summed E-state index contributed by atoms with van der Waals surface area (Å²) in [4.78, 5) is 5.47. The minimum atomic E-state index is 1.02. The van der Waals surface area contributed by atoms with E-state index in [0.29, 0.717) is 0 Å². The van der Waals surface area contributed by atoms with Gasteiger partial charge in [0.25, 0.3) is 0 Å². The van der Waals surface area contributed by atoms with Gasteiger partial charge < -0.3 is 0 Å². The number of fused-ring (bicyclic) bond motifs is 1. The maximum Gasteiger partial charge on any atom is 0.0775 e. The summed E-state index contributed by atoms with van der Waals surface area (Å²) in [5.74, 6) is 0. The Bertz CT molecular complexity index is 224. The van der Waals surface area contributed by atoms with Gasteiger partial charge in [-0.2, -0.15) is 0 Å². The number of aliphatic imine (C=N–C) groups is 1. The highest BCUT2D eigenvalue weighted by atomic mass is 32.1. The topological polar surface area (TPSA) is 12.4 Å². The van der Waals surface area contributed by atoms with Gasteiger partial charge in [0, 0.05) is 22.9 Å². The van der Waals surface area contributed by atoms with E-state index in [2.05, 4.69) is 10.4 Å². The molecule has 1 aromatic heterocycles. The van der Waals surface area contributed by atoms with Crippen LogP contribution in [0.4, 0.5) is 5.69 Å². The number of hydrogen-bond acceptors (Lipinski definition) is 2. The third-order valence-electron chi connectivity index (χ3n) is 1.17. The Hall–Kier alpha value is -0.630. The summed E-state index contributed by atoms with van der Waals surface area (Å²) < 4.78 is 0. The van der Waals surface area contributed by atoms with Gasteiger partial charge in [0.05, 0.1) is 5.69 Å². The van der Waals surface area contributed by atoms with Crippen molar-refractivity contribution < 1.29 is 0 Å². The molecular formula is C6H4NS. The minimum absolute atomic E-state index is 1.02. The third-order valence-corrected chi connectivity index (χ3v) is 2.03. The van der Waals surface area contributed by atoms with Crippen LogP contribution in [0.5, 0.6) is 0 Å². The minimum Gasteiger partial charge on any atom is -0.260 e. The summed E-state index contributed by atoms with van der Waals surface area (Å²) in [6, 6.07) is 1.93. The molecule has 0 saturated carbocycles. The first-order chi connectivity index (χ1) is 3.97. The van der Waals surface area contributed by atoms with Crippen molar-refractivity contribution in [1.29, 1.82) is 0 Å². The van der Waals surface area contributed by atoms with Gasteiger partial charge in [-0.25, -0.2) is 0 Å². The molecule has 0 fully saturated rings. The normalized spacial score (nSPS) is 14.5. The zero-order valence-electron chi connectivity index (χ0n) is 4.22. The lowest BCUT2D eigenvalue weighted by molar-refractivity contribution is 1.54. The molecule has 0 saturated heterocycles. The van der Waals surface area contributed by atoms with Gasteiger partial charge in [0.1, 0.15) is 0 Å². The van der Waals surface area contributed by atoms with Crippen LogP contribution in [-0.2, 0) is 6.42 Å². The highest BCUT2D eigenvalue weighted by molar-refractivity contribution is 7.10. The molecule has 1 radical (unpaired) electrons. The first-order valence-electron chi connectivity index (χ1n) is 2.48. The van der Waals surface area contributed by atoms with E-state index < -0.39 is 0 Å². The molecule has 39 valence electrons. The predicted molar refractivity (Wildman–Crippen MR) is 35.0 cm³/mol. The molecule has 0 unspecified atom stereocenters. The Morgan fingerprint density at radius 3 is 3.62 bits per heavy atom. The molecule has 2 rings (SSSR count). The molecule has 1 aliphatic heterocycles. The van der Waals surface area contributed by atoms with E-state index in [-0.39, 0.29) is 0 Å². The lowest BCUT2D eigenvalue weighted by Gasteiger charge is -1.77. The molecule has 0 aliphatic carbocycles. The standard InChI is InChI=1S/C6H4NS/c1-3-7-5-2-4-8-6(1)5/h2-3H,1H2. The summed E-state index contributed by atoms with van der Waals surface area (Å²) in [5, 5.41) is 3.03. The Kier molecular flexibility index (Phi) is 0.758. The SMILES string of the molecule is [c]1cc2c(s1)CC=N2. The first kappa shape index (κ1) is 4.27. The first-order valence-corrected chi connectivity index (χ1v) is 3.30. The largest absolute Gasteiger partial charge is 0.260 e. The Labute approximate surface area is 51.7 Å². The smallest absolute Gasteiger partial charge is 0.0775 e. The van der Waals surface area contributed by atoms with Crippen LogP contribution < -0.4 is 0 Å². The van der Waals surface area contributed by atoms with E-state index in [1.54, 1.807) is 11.3 Å². The van der Waals surface area contributed by atoms with E-state index in [9.17, 15) is 0 Å². The average Bonchev–Trinajstić information content (AvgIpc) is 2.15. The second kappa shape index (κ2) is 1.42. The summed E-state index contributed by atoms with van der Waals surface area (Å²) in [6.45, 7) is 0. The van der Waals surface area contributed by atoms with Crippen LogP contribution in [0.25, 0.3) is 0 Å². The van der Waals surface area contributed by atoms with Crippen molar-refractivity contribution in [3.05, 3.63) is 16.3 Å². The zero-order valence-corrected chi connectivity index (χ0v) is 5.03. The van der Waals surface area contributed by atoms with Crippen molar-refractivity contribution in [2.45, 2.75) is 6.42 Å². The van der Waals surface area contributed by atoms with Crippen LogP contribution in [0.1, 0.15) is 4.88 Å². The van der Waals surface area contributed by atoms with Crippen LogP contribution in [0.2, 0.25) is 0 Å². The Morgan fingerprint density at radius 2 is 2.75 bits per heavy atom. The summed E-state index contributed by atoms with van der Waals surface area (Å²) in [6.07, 6.45) is 2.96. The highest BCUT2D eigenvalue weighted by Gasteiger charge is 2.05. The summed E-state index contributed by atoms with van der Waals surface area (Å²) in [5.41, 5.74) is 1.12. The van der Waals surface area contributed by atoms with Crippen LogP contribution >= 0.6 is 11.3 Å². The number of nitrogens with zero attached hydrogens (tertiary/aromatic N) is 1. The van der Waals surface area contributed by atoms with Gasteiger partial charge in [-0.05, 0) is 6.07 Å². The van der Waals surface area contributed by atoms with Gasteiger partial charge in [0.2, 0.25) is 0 Å². The fourth-order valence-electron chi connectivity index (χ4n) is 0.772. The van der Waals surface area contributed by atoms with Crippen molar-refractivity contribution in [3.63, 3.8) is 0 Å². The van der Waals surface area contributed by atoms with Crippen molar-refractivity contribution in [2.24, 2.45) is 4.99 Å². The van der Waals surface area contributed by atoms with Crippen LogP contribution in [0.3, 0.4) is 0 Å². The van der Waals surface area contributed by atoms with Crippen LogP contribution in [0.15, 0.2) is 11.1 Å². The maximum absolute atomic E-state index is 4.11. The molecule has 0 N–H and O–H groups in total. The van der Waals surface area contributed by atoms with Crippen molar-refractivity contribution in [3.8, 4) is 0 Å². The van der Waals surface area contributed by atoms with E-state index in [1.165, 1.54) is 4.88 Å². The van der Waals surface area contributed by atoms with E-state index >= 15 is 0 Å². The number of hydrogen-bond donors (Lipinski definition) is 0. The molecule has 8 heavy (non-hydrogen) atoms. The van der Waals surface area contributed by atoms with Crippen molar-refractivity contribution >= 4 is 23.2 Å². The van der Waals surface area contributed by atoms with Crippen molar-refractivity contribution in [1.82, 2.24) is 0 Å². The van der Waals surface area contributed by atoms with E-state index in [1.807, 2.05) is 12.3 Å². The van der Waals surface area contributed by atoms with Crippen LogP contribution in [-0.4, -0.2) is 6.21 Å². The summed E-state index contributed by atoms with van der Waals surface area (Å²) in [7, 11) is 0. The second-order valence-electron chi connectivity index (χ2n) is 1.69. The Balaban J connectivity index is 2.67. The number of rotatable bonds is 0. The predicted octanol–water partition coefficient (Wildman–Crippen LogP) is 1.81. The molecule has 0 atom stereocenters.